The Hall–Kier alpha value is -4.92. The van der Waals surface area contributed by atoms with Gasteiger partial charge in [-0.15, -0.1) is 10.2 Å². The van der Waals surface area contributed by atoms with E-state index in [4.69, 9.17) is 9.47 Å². The van der Waals surface area contributed by atoms with Crippen LogP contribution >= 0.6 is 0 Å². The SMILES string of the molecule is COc1ccc(C=C(NC(=O)c2ccccc2)C(=O)N=Nc2c(O)[nH]c3ccccc23)cc1OC. The van der Waals surface area contributed by atoms with Crippen LogP contribution < -0.4 is 14.8 Å². The Kier molecular flexibility index (Phi) is 6.87. The standard InChI is InChI=1S/C26H22N4O5/c1-34-21-13-12-16(15-22(21)35-2)14-20(28-24(31)17-8-4-3-5-9-17)25(32)30-29-23-18-10-6-7-11-19(18)27-26(23)33/h3-15,27,33H,1-2H3,(H,28,31). The average Bonchev–Trinajstić information content (AvgIpc) is 3.21. The Morgan fingerprint density at radius 1 is 0.943 bits per heavy atom. The summed E-state index contributed by atoms with van der Waals surface area (Å²) >= 11 is 0. The Bertz CT molecular complexity index is 1440. The van der Waals surface area contributed by atoms with E-state index in [0.29, 0.717) is 33.5 Å². The summed E-state index contributed by atoms with van der Waals surface area (Å²) in [4.78, 5) is 28.6. The lowest BCUT2D eigenvalue weighted by atomic mass is 10.1. The molecule has 0 bridgehead atoms. The molecule has 0 spiro atoms. The maximum absolute atomic E-state index is 13.0. The van der Waals surface area contributed by atoms with Gasteiger partial charge in [-0.25, -0.2) is 0 Å². The lowest BCUT2D eigenvalue weighted by Gasteiger charge is -2.10. The van der Waals surface area contributed by atoms with Crippen molar-refractivity contribution >= 4 is 34.5 Å². The summed E-state index contributed by atoms with van der Waals surface area (Å²) in [5.41, 5.74) is 1.57. The number of para-hydroxylation sites is 1. The molecule has 0 radical (unpaired) electrons. The predicted molar refractivity (Wildman–Crippen MR) is 131 cm³/mol. The molecule has 0 aliphatic heterocycles. The molecule has 3 N–H and O–H groups in total. The number of aromatic nitrogens is 1. The third-order valence-electron chi connectivity index (χ3n) is 5.13. The van der Waals surface area contributed by atoms with E-state index in [0.717, 1.165) is 0 Å². The van der Waals surface area contributed by atoms with Gasteiger partial charge in [0, 0.05) is 10.9 Å². The van der Waals surface area contributed by atoms with Crippen molar-refractivity contribution in [1.82, 2.24) is 10.3 Å². The molecular formula is C26H22N4O5. The lowest BCUT2D eigenvalue weighted by Crippen LogP contribution is -2.26. The number of H-pyrrole nitrogens is 1. The number of carbonyl (C=O) groups is 2. The number of benzene rings is 3. The van der Waals surface area contributed by atoms with Crippen LogP contribution in [0.5, 0.6) is 17.4 Å². The summed E-state index contributed by atoms with van der Waals surface area (Å²) in [7, 11) is 3.01. The van der Waals surface area contributed by atoms with E-state index < -0.39 is 11.8 Å². The van der Waals surface area contributed by atoms with E-state index >= 15 is 0 Å². The summed E-state index contributed by atoms with van der Waals surface area (Å²) in [6.07, 6.45) is 1.46. The van der Waals surface area contributed by atoms with Crippen LogP contribution in [0.15, 0.2) is 88.7 Å². The van der Waals surface area contributed by atoms with Crippen LogP contribution in [0.1, 0.15) is 15.9 Å². The fourth-order valence-electron chi connectivity index (χ4n) is 3.41. The number of amides is 2. The molecule has 4 rings (SSSR count). The molecule has 35 heavy (non-hydrogen) atoms. The summed E-state index contributed by atoms with van der Waals surface area (Å²) < 4.78 is 10.6. The normalized spacial score (nSPS) is 11.5. The molecule has 1 heterocycles. The second-order valence-electron chi connectivity index (χ2n) is 7.37. The van der Waals surface area contributed by atoms with Gasteiger partial charge in [-0.1, -0.05) is 42.5 Å². The van der Waals surface area contributed by atoms with Crippen LogP contribution in [-0.2, 0) is 4.79 Å². The smallest absolute Gasteiger partial charge is 0.311 e. The number of nitrogens with zero attached hydrogens (tertiary/aromatic N) is 2. The number of azo groups is 1. The fourth-order valence-corrected chi connectivity index (χ4v) is 3.41. The Balaban J connectivity index is 1.69. The number of fused-ring (bicyclic) bond motifs is 1. The number of carbonyl (C=O) groups excluding carboxylic acids is 2. The van der Waals surface area contributed by atoms with Crippen molar-refractivity contribution < 1.29 is 24.2 Å². The molecule has 0 saturated heterocycles. The third kappa shape index (κ3) is 5.19. The second-order valence-corrected chi connectivity index (χ2v) is 7.37. The molecule has 0 unspecified atom stereocenters. The van der Waals surface area contributed by atoms with Crippen molar-refractivity contribution in [3.63, 3.8) is 0 Å². The molecule has 3 aromatic carbocycles. The molecule has 1 aromatic heterocycles. The van der Waals surface area contributed by atoms with E-state index in [2.05, 4.69) is 20.5 Å². The second kappa shape index (κ2) is 10.3. The zero-order valence-corrected chi connectivity index (χ0v) is 19.0. The molecule has 0 aliphatic carbocycles. The summed E-state index contributed by atoms with van der Waals surface area (Å²) in [5, 5.41) is 21.1. The molecular weight excluding hydrogens is 448 g/mol. The van der Waals surface area contributed by atoms with Crippen LogP contribution in [0.3, 0.4) is 0 Å². The number of aromatic hydroxyl groups is 1. The minimum absolute atomic E-state index is 0.117. The number of hydrogen-bond donors (Lipinski definition) is 3. The van der Waals surface area contributed by atoms with Gasteiger partial charge in [0.2, 0.25) is 5.88 Å². The van der Waals surface area contributed by atoms with Crippen molar-refractivity contribution in [2.24, 2.45) is 10.2 Å². The number of nitrogens with one attached hydrogen (secondary N) is 2. The number of ether oxygens (including phenoxy) is 2. The quantitative estimate of drug-likeness (QED) is 0.260. The zero-order chi connectivity index (χ0) is 24.8. The average molecular weight is 470 g/mol. The van der Waals surface area contributed by atoms with Gasteiger partial charge in [0.05, 0.1) is 19.7 Å². The highest BCUT2D eigenvalue weighted by molar-refractivity contribution is 6.05. The number of methoxy groups -OCH3 is 2. The highest BCUT2D eigenvalue weighted by atomic mass is 16.5. The van der Waals surface area contributed by atoms with E-state index in [9.17, 15) is 14.7 Å². The Morgan fingerprint density at radius 2 is 1.66 bits per heavy atom. The maximum atomic E-state index is 13.0. The van der Waals surface area contributed by atoms with Gasteiger partial charge < -0.3 is 24.9 Å². The first kappa shape index (κ1) is 23.2. The number of hydrogen-bond acceptors (Lipinski definition) is 6. The van der Waals surface area contributed by atoms with Gasteiger partial charge >= 0.3 is 5.91 Å². The largest absolute Gasteiger partial charge is 0.493 e. The fraction of sp³-hybridized carbons (Fsp3) is 0.0769. The maximum Gasteiger partial charge on any atom is 0.311 e. The topological polar surface area (TPSA) is 125 Å². The van der Waals surface area contributed by atoms with Crippen molar-refractivity contribution in [2.75, 3.05) is 14.2 Å². The molecule has 0 aliphatic rings. The first-order valence-electron chi connectivity index (χ1n) is 10.6. The van der Waals surface area contributed by atoms with E-state index in [1.165, 1.54) is 20.3 Å². The molecule has 2 amide bonds. The zero-order valence-electron chi connectivity index (χ0n) is 19.0. The van der Waals surface area contributed by atoms with Crippen LogP contribution in [0, 0.1) is 0 Å². The molecule has 0 fully saturated rings. The number of rotatable bonds is 7. The lowest BCUT2D eigenvalue weighted by molar-refractivity contribution is -0.115. The predicted octanol–water partition coefficient (Wildman–Crippen LogP) is 4.97. The van der Waals surface area contributed by atoms with Gasteiger partial charge in [-0.2, -0.15) is 0 Å². The van der Waals surface area contributed by atoms with Gasteiger partial charge in [-0.05, 0) is 42.0 Å². The van der Waals surface area contributed by atoms with Gasteiger partial charge in [0.25, 0.3) is 5.91 Å². The van der Waals surface area contributed by atoms with Crippen molar-refractivity contribution in [2.45, 2.75) is 0 Å². The first-order valence-corrected chi connectivity index (χ1v) is 10.6. The van der Waals surface area contributed by atoms with Gasteiger partial charge in [-0.3, -0.25) is 9.59 Å². The van der Waals surface area contributed by atoms with E-state index in [1.54, 1.807) is 72.8 Å². The highest BCUT2D eigenvalue weighted by Crippen LogP contribution is 2.35. The summed E-state index contributed by atoms with van der Waals surface area (Å²) in [6, 6.07) is 20.6. The molecule has 0 atom stereocenters. The summed E-state index contributed by atoms with van der Waals surface area (Å²) in [5.74, 6) is -0.556. The van der Waals surface area contributed by atoms with E-state index in [1.807, 2.05) is 0 Å². The van der Waals surface area contributed by atoms with Crippen molar-refractivity contribution in [3.05, 3.63) is 89.6 Å². The molecule has 176 valence electrons. The van der Waals surface area contributed by atoms with Crippen LogP contribution in [-0.4, -0.2) is 36.1 Å². The highest BCUT2D eigenvalue weighted by Gasteiger charge is 2.16. The molecule has 0 saturated carbocycles. The molecule has 9 heteroatoms. The minimum Gasteiger partial charge on any atom is -0.493 e. The van der Waals surface area contributed by atoms with Crippen LogP contribution in [0.25, 0.3) is 17.0 Å². The van der Waals surface area contributed by atoms with Gasteiger partial charge in [0.15, 0.2) is 17.2 Å². The van der Waals surface area contributed by atoms with Crippen LogP contribution in [0.2, 0.25) is 0 Å². The first-order chi connectivity index (χ1) is 17.0. The third-order valence-corrected chi connectivity index (χ3v) is 5.13. The minimum atomic E-state index is -0.811. The van der Waals surface area contributed by atoms with Gasteiger partial charge in [0.1, 0.15) is 5.70 Å². The van der Waals surface area contributed by atoms with Crippen molar-refractivity contribution in [3.8, 4) is 17.4 Å². The Morgan fingerprint density at radius 3 is 2.40 bits per heavy atom. The summed E-state index contributed by atoms with van der Waals surface area (Å²) in [6.45, 7) is 0. The molecule has 9 nitrogen and oxygen atoms in total. The Labute approximate surface area is 200 Å². The monoisotopic (exact) mass is 470 g/mol. The number of aromatic amines is 1. The van der Waals surface area contributed by atoms with Crippen molar-refractivity contribution in [1.29, 1.82) is 0 Å². The van der Waals surface area contributed by atoms with Crippen LogP contribution in [0.4, 0.5) is 5.69 Å². The molecule has 4 aromatic rings. The van der Waals surface area contributed by atoms with E-state index in [-0.39, 0.29) is 17.3 Å².